The van der Waals surface area contributed by atoms with E-state index < -0.39 is 30.4 Å². The number of ether oxygens (including phenoxy) is 2. The highest BCUT2D eigenvalue weighted by atomic mass is 19.4. The van der Waals surface area contributed by atoms with E-state index in [0.29, 0.717) is 28.2 Å². The lowest BCUT2D eigenvalue weighted by Crippen LogP contribution is -2.23. The normalized spacial score (nSPS) is 11.3. The molecule has 0 aliphatic heterocycles. The van der Waals surface area contributed by atoms with Crippen LogP contribution in [0.25, 0.3) is 33.6 Å². The molecule has 5 aromatic rings. The van der Waals surface area contributed by atoms with Gasteiger partial charge in [-0.3, -0.25) is 9.59 Å². The fourth-order valence-corrected chi connectivity index (χ4v) is 4.84. The number of carbonyl (C=O) groups excluding carboxylic acids is 2. The molecule has 0 radical (unpaired) electrons. The molecule has 0 atom stereocenters. The molecule has 5 rings (SSSR count). The molecule has 2 aromatic heterocycles. The predicted molar refractivity (Wildman–Crippen MR) is 163 cm³/mol. The van der Waals surface area contributed by atoms with Crippen LogP contribution in [0.3, 0.4) is 0 Å². The van der Waals surface area contributed by atoms with E-state index in [1.807, 2.05) is 0 Å². The molecule has 0 aliphatic carbocycles. The number of fused-ring (bicyclic) bond motifs is 1. The summed E-state index contributed by atoms with van der Waals surface area (Å²) in [5.74, 6) is -0.532. The highest BCUT2D eigenvalue weighted by Crippen LogP contribution is 2.38. The van der Waals surface area contributed by atoms with Crippen LogP contribution >= 0.6 is 0 Å². The fraction of sp³-hybridized carbons (Fsp3) is 0.182. The SMILES string of the molecule is CNC(=O)c1c(-c2ccc(F)cc2)oc2nc(NCC(F)(F)F)c(-c3cccc(C(=O)NCc4cc(OC)ccc4OC)c3)cc12. The van der Waals surface area contributed by atoms with Gasteiger partial charge in [-0.2, -0.15) is 18.2 Å². The van der Waals surface area contributed by atoms with E-state index in [1.165, 1.54) is 57.7 Å². The minimum absolute atomic E-state index is 0.0568. The highest BCUT2D eigenvalue weighted by Gasteiger charge is 2.29. The first-order valence-electron chi connectivity index (χ1n) is 13.9. The van der Waals surface area contributed by atoms with Gasteiger partial charge in [0.25, 0.3) is 11.8 Å². The van der Waals surface area contributed by atoms with Gasteiger partial charge in [-0.05, 0) is 66.2 Å². The predicted octanol–water partition coefficient (Wildman–Crippen LogP) is 6.58. The molecular formula is C33H28F4N4O5. The molecule has 2 amide bonds. The molecule has 9 nitrogen and oxygen atoms in total. The molecule has 0 saturated carbocycles. The van der Waals surface area contributed by atoms with Gasteiger partial charge in [0.15, 0.2) is 0 Å². The second-order valence-corrected chi connectivity index (χ2v) is 10.0. The minimum Gasteiger partial charge on any atom is -0.497 e. The first-order chi connectivity index (χ1) is 22.0. The summed E-state index contributed by atoms with van der Waals surface area (Å²) in [4.78, 5) is 30.6. The van der Waals surface area contributed by atoms with Crippen LogP contribution in [0, 0.1) is 5.82 Å². The Hall–Kier alpha value is -5.59. The van der Waals surface area contributed by atoms with Gasteiger partial charge in [0.2, 0.25) is 5.71 Å². The summed E-state index contributed by atoms with van der Waals surface area (Å²) >= 11 is 0. The summed E-state index contributed by atoms with van der Waals surface area (Å²) in [5.41, 5.74) is 1.70. The molecule has 0 bridgehead atoms. The summed E-state index contributed by atoms with van der Waals surface area (Å²) in [6, 6.07) is 18.1. The first-order valence-corrected chi connectivity index (χ1v) is 13.9. The van der Waals surface area contributed by atoms with Crippen LogP contribution in [0.5, 0.6) is 11.5 Å². The molecule has 3 aromatic carbocycles. The number of aromatic nitrogens is 1. The smallest absolute Gasteiger partial charge is 0.405 e. The standard InChI is InChI=1S/C33H28F4N4O5/c1-38-31(43)27-25-15-24(29(40-17-33(35,36)37)41-32(25)46-28(27)18-7-9-22(34)10-8-18)19-5-4-6-20(13-19)30(42)39-16-21-14-23(44-2)11-12-26(21)45-3/h4-15H,16-17H2,1-3H3,(H,38,43)(H,39,42)(H,40,41). The Labute approximate surface area is 260 Å². The molecule has 0 fully saturated rings. The summed E-state index contributed by atoms with van der Waals surface area (Å²) in [5, 5.41) is 7.86. The van der Waals surface area contributed by atoms with Crippen molar-refractivity contribution in [3.63, 3.8) is 0 Å². The number of hydrogen-bond donors (Lipinski definition) is 3. The van der Waals surface area contributed by atoms with E-state index in [4.69, 9.17) is 13.9 Å². The molecule has 2 heterocycles. The van der Waals surface area contributed by atoms with Crippen molar-refractivity contribution in [1.29, 1.82) is 0 Å². The Morgan fingerprint density at radius 1 is 0.913 bits per heavy atom. The molecule has 13 heteroatoms. The van der Waals surface area contributed by atoms with Crippen LogP contribution in [0.1, 0.15) is 26.3 Å². The van der Waals surface area contributed by atoms with Crippen LogP contribution in [0.15, 0.2) is 77.2 Å². The van der Waals surface area contributed by atoms with Crippen molar-refractivity contribution in [3.05, 3.63) is 95.3 Å². The Bertz CT molecular complexity index is 1910. The Kier molecular flexibility index (Phi) is 9.12. The number of pyridine rings is 1. The number of amides is 2. The minimum atomic E-state index is -4.58. The third kappa shape index (κ3) is 6.88. The van der Waals surface area contributed by atoms with Gasteiger partial charge < -0.3 is 29.8 Å². The lowest BCUT2D eigenvalue weighted by molar-refractivity contribution is -0.115. The monoisotopic (exact) mass is 636 g/mol. The van der Waals surface area contributed by atoms with Gasteiger partial charge in [0, 0.05) is 35.8 Å². The molecule has 238 valence electrons. The zero-order valence-corrected chi connectivity index (χ0v) is 24.8. The summed E-state index contributed by atoms with van der Waals surface area (Å²) < 4.78 is 70.0. The largest absolute Gasteiger partial charge is 0.497 e. The topological polar surface area (TPSA) is 115 Å². The molecular weight excluding hydrogens is 608 g/mol. The summed E-state index contributed by atoms with van der Waals surface area (Å²) in [6.45, 7) is -1.30. The van der Waals surface area contributed by atoms with E-state index in [9.17, 15) is 27.2 Å². The second kappa shape index (κ2) is 13.2. The lowest BCUT2D eigenvalue weighted by atomic mass is 10.00. The number of rotatable bonds is 10. The van der Waals surface area contributed by atoms with Crippen LogP contribution in [-0.2, 0) is 6.54 Å². The van der Waals surface area contributed by atoms with Crippen molar-refractivity contribution in [2.75, 3.05) is 33.1 Å². The van der Waals surface area contributed by atoms with Gasteiger partial charge in [-0.25, -0.2) is 4.39 Å². The average molecular weight is 637 g/mol. The van der Waals surface area contributed by atoms with E-state index in [-0.39, 0.29) is 45.9 Å². The lowest BCUT2D eigenvalue weighted by Gasteiger charge is -2.14. The number of anilines is 1. The van der Waals surface area contributed by atoms with Crippen molar-refractivity contribution in [2.45, 2.75) is 12.7 Å². The number of benzene rings is 3. The van der Waals surface area contributed by atoms with Crippen LogP contribution in [0.4, 0.5) is 23.4 Å². The third-order valence-electron chi connectivity index (χ3n) is 7.06. The van der Waals surface area contributed by atoms with E-state index in [0.717, 1.165) is 0 Å². The van der Waals surface area contributed by atoms with Gasteiger partial charge in [0.05, 0.1) is 25.2 Å². The maximum atomic E-state index is 13.6. The van der Waals surface area contributed by atoms with Crippen LogP contribution in [0.2, 0.25) is 0 Å². The Morgan fingerprint density at radius 3 is 2.35 bits per heavy atom. The number of furan rings is 1. The van der Waals surface area contributed by atoms with E-state index in [1.54, 1.807) is 36.4 Å². The number of halogens is 4. The zero-order valence-electron chi connectivity index (χ0n) is 24.8. The van der Waals surface area contributed by atoms with Crippen molar-refractivity contribution in [3.8, 4) is 33.9 Å². The van der Waals surface area contributed by atoms with Crippen LogP contribution < -0.4 is 25.4 Å². The molecule has 0 unspecified atom stereocenters. The maximum absolute atomic E-state index is 13.6. The number of carbonyl (C=O) groups is 2. The Balaban J connectivity index is 1.57. The van der Waals surface area contributed by atoms with Crippen LogP contribution in [-0.4, -0.2) is 50.8 Å². The second-order valence-electron chi connectivity index (χ2n) is 10.0. The number of nitrogens with one attached hydrogen (secondary N) is 3. The summed E-state index contributed by atoms with van der Waals surface area (Å²) in [6.07, 6.45) is -4.58. The van der Waals surface area contributed by atoms with Gasteiger partial charge >= 0.3 is 6.18 Å². The third-order valence-corrected chi connectivity index (χ3v) is 7.06. The fourth-order valence-electron chi connectivity index (χ4n) is 4.84. The number of nitrogens with zero attached hydrogens (tertiary/aromatic N) is 1. The number of alkyl halides is 3. The van der Waals surface area contributed by atoms with Gasteiger partial charge in [-0.1, -0.05) is 12.1 Å². The van der Waals surface area contributed by atoms with Crippen molar-refractivity contribution < 1.29 is 41.0 Å². The highest BCUT2D eigenvalue weighted by molar-refractivity contribution is 6.11. The van der Waals surface area contributed by atoms with Gasteiger partial charge in [0.1, 0.15) is 35.4 Å². The number of methoxy groups -OCH3 is 2. The zero-order chi connectivity index (χ0) is 33.0. The average Bonchev–Trinajstić information content (AvgIpc) is 3.43. The van der Waals surface area contributed by atoms with E-state index in [2.05, 4.69) is 20.9 Å². The molecule has 0 aliphatic rings. The maximum Gasteiger partial charge on any atom is 0.405 e. The number of hydrogen-bond acceptors (Lipinski definition) is 7. The van der Waals surface area contributed by atoms with Crippen molar-refractivity contribution in [1.82, 2.24) is 15.6 Å². The first kappa shape index (κ1) is 31.8. The van der Waals surface area contributed by atoms with Crippen molar-refractivity contribution in [2.24, 2.45) is 0 Å². The molecule has 46 heavy (non-hydrogen) atoms. The van der Waals surface area contributed by atoms with E-state index >= 15 is 0 Å². The molecule has 0 saturated heterocycles. The molecule has 0 spiro atoms. The van der Waals surface area contributed by atoms with Crippen molar-refractivity contribution >= 4 is 28.7 Å². The molecule has 3 N–H and O–H groups in total. The quantitative estimate of drug-likeness (QED) is 0.148. The van der Waals surface area contributed by atoms with Gasteiger partial charge in [-0.15, -0.1) is 0 Å². The Morgan fingerprint density at radius 2 is 1.67 bits per heavy atom. The summed E-state index contributed by atoms with van der Waals surface area (Å²) in [7, 11) is 4.43.